The summed E-state index contributed by atoms with van der Waals surface area (Å²) >= 11 is 0. The molecule has 0 spiro atoms. The van der Waals surface area contributed by atoms with Crippen molar-refractivity contribution in [3.63, 3.8) is 0 Å². The smallest absolute Gasteiger partial charge is 0.257 e. The molecule has 1 aromatic carbocycles. The number of nitrogens with zero attached hydrogens (tertiary/aromatic N) is 1. The molecule has 0 saturated carbocycles. The number of phenolic OH excluding ortho intramolecular Hbond substituents is 1. The number of amides is 2. The third-order valence-corrected chi connectivity index (χ3v) is 3.23. The third kappa shape index (κ3) is 3.30. The molecule has 0 radical (unpaired) electrons. The van der Waals surface area contributed by atoms with Gasteiger partial charge in [0.1, 0.15) is 17.6 Å². The molecule has 2 rings (SSSR count). The van der Waals surface area contributed by atoms with Crippen molar-refractivity contribution in [1.82, 2.24) is 10.2 Å². The van der Waals surface area contributed by atoms with Crippen molar-refractivity contribution in [3.8, 4) is 5.75 Å². The van der Waals surface area contributed by atoms with Crippen LogP contribution < -0.4 is 5.32 Å². The number of likely N-dealkylation sites (N-methyl/N-ethyl adjacent to an activating group) is 1. The second-order valence-electron chi connectivity index (χ2n) is 4.65. The van der Waals surface area contributed by atoms with Crippen molar-refractivity contribution in [2.24, 2.45) is 0 Å². The number of benzene rings is 1. The maximum atomic E-state index is 13.8. The monoisotopic (exact) mass is 296 g/mol. The number of aromatic hydroxyl groups is 1. The predicted molar refractivity (Wildman–Crippen MR) is 72.4 cm³/mol. The molecule has 2 N–H and O–H groups in total. The van der Waals surface area contributed by atoms with Gasteiger partial charge in [0, 0.05) is 19.2 Å². The van der Waals surface area contributed by atoms with Gasteiger partial charge in [0.15, 0.2) is 0 Å². The summed E-state index contributed by atoms with van der Waals surface area (Å²) in [6, 6.07) is 2.53. The number of rotatable bonds is 3. The Morgan fingerprint density at radius 1 is 1.52 bits per heavy atom. The first-order chi connectivity index (χ1) is 10.0. The van der Waals surface area contributed by atoms with Gasteiger partial charge in [-0.1, -0.05) is 0 Å². The van der Waals surface area contributed by atoms with Crippen LogP contribution in [0.1, 0.15) is 17.3 Å². The van der Waals surface area contributed by atoms with Crippen molar-refractivity contribution in [2.45, 2.75) is 13.0 Å². The van der Waals surface area contributed by atoms with Gasteiger partial charge in [-0.3, -0.25) is 9.59 Å². The Bertz CT molecular complexity index is 550. The van der Waals surface area contributed by atoms with Gasteiger partial charge < -0.3 is 20.1 Å². The Labute approximate surface area is 121 Å². The van der Waals surface area contributed by atoms with Crippen LogP contribution >= 0.6 is 0 Å². The molecule has 1 fully saturated rings. The molecule has 0 bridgehead atoms. The molecule has 0 aliphatic carbocycles. The van der Waals surface area contributed by atoms with Crippen LogP contribution in [0.5, 0.6) is 5.75 Å². The quantitative estimate of drug-likeness (QED) is 0.852. The molecule has 1 aliphatic heterocycles. The number of phenols is 1. The molecule has 1 aliphatic rings. The lowest BCUT2D eigenvalue weighted by Crippen LogP contribution is -2.56. The highest BCUT2D eigenvalue weighted by molar-refractivity contribution is 5.98. The van der Waals surface area contributed by atoms with Crippen molar-refractivity contribution < 1.29 is 23.8 Å². The van der Waals surface area contributed by atoms with Crippen LogP contribution in [-0.4, -0.2) is 54.2 Å². The molecule has 1 heterocycles. The van der Waals surface area contributed by atoms with E-state index in [0.717, 1.165) is 6.07 Å². The van der Waals surface area contributed by atoms with Crippen LogP contribution in [0.3, 0.4) is 0 Å². The first-order valence-corrected chi connectivity index (χ1v) is 6.69. The number of nitrogens with one attached hydrogen (secondary N) is 1. The van der Waals surface area contributed by atoms with Crippen LogP contribution in [0.4, 0.5) is 4.39 Å². The Kier molecular flexibility index (Phi) is 4.74. The van der Waals surface area contributed by atoms with Crippen LogP contribution in [-0.2, 0) is 9.53 Å². The number of halogens is 1. The molecule has 2 amide bonds. The summed E-state index contributed by atoms with van der Waals surface area (Å²) in [6.07, 6.45) is 0. The van der Waals surface area contributed by atoms with E-state index in [9.17, 15) is 19.1 Å². The number of morpholine rings is 1. The van der Waals surface area contributed by atoms with E-state index in [0.29, 0.717) is 13.2 Å². The Morgan fingerprint density at radius 3 is 2.95 bits per heavy atom. The Hall–Kier alpha value is -2.15. The van der Waals surface area contributed by atoms with Crippen molar-refractivity contribution >= 4 is 11.8 Å². The fraction of sp³-hybridized carbons (Fsp3) is 0.429. The van der Waals surface area contributed by atoms with Crippen LogP contribution in [0.2, 0.25) is 0 Å². The van der Waals surface area contributed by atoms with Gasteiger partial charge in [-0.05, 0) is 19.1 Å². The SMILES string of the molecule is CCNC(=O)C1COCCN1C(=O)c1ccc(O)cc1F. The van der Waals surface area contributed by atoms with E-state index in [1.54, 1.807) is 6.92 Å². The molecule has 7 heteroatoms. The minimum absolute atomic E-state index is 0.0806. The lowest BCUT2D eigenvalue weighted by atomic mass is 10.1. The van der Waals surface area contributed by atoms with Gasteiger partial charge in [-0.25, -0.2) is 4.39 Å². The minimum Gasteiger partial charge on any atom is -0.508 e. The Balaban J connectivity index is 2.24. The molecule has 1 saturated heterocycles. The second-order valence-corrected chi connectivity index (χ2v) is 4.65. The van der Waals surface area contributed by atoms with Crippen molar-refractivity contribution in [1.29, 1.82) is 0 Å². The summed E-state index contributed by atoms with van der Waals surface area (Å²) in [5, 5.41) is 11.8. The highest BCUT2D eigenvalue weighted by Crippen LogP contribution is 2.19. The lowest BCUT2D eigenvalue weighted by molar-refractivity contribution is -0.130. The molecule has 114 valence electrons. The highest BCUT2D eigenvalue weighted by Gasteiger charge is 2.34. The zero-order chi connectivity index (χ0) is 15.4. The summed E-state index contributed by atoms with van der Waals surface area (Å²) in [7, 11) is 0. The molecule has 1 aromatic rings. The average Bonchev–Trinajstić information content (AvgIpc) is 2.47. The number of carbonyl (C=O) groups excluding carboxylic acids is 2. The summed E-state index contributed by atoms with van der Waals surface area (Å²) in [5.41, 5.74) is -0.177. The minimum atomic E-state index is -0.818. The second kappa shape index (κ2) is 6.53. The van der Waals surface area contributed by atoms with E-state index in [2.05, 4.69) is 5.32 Å². The van der Waals surface area contributed by atoms with Crippen LogP contribution in [0.25, 0.3) is 0 Å². The Morgan fingerprint density at radius 2 is 2.29 bits per heavy atom. The standard InChI is InChI=1S/C14H17FN2O4/c1-2-16-13(19)12-8-21-6-5-17(12)14(20)10-4-3-9(18)7-11(10)15/h3-4,7,12,18H,2,5-6,8H2,1H3,(H,16,19). The molecular formula is C14H17FN2O4. The van der Waals surface area contributed by atoms with E-state index in [4.69, 9.17) is 4.74 Å². The fourth-order valence-electron chi connectivity index (χ4n) is 2.19. The highest BCUT2D eigenvalue weighted by atomic mass is 19.1. The predicted octanol–water partition coefficient (Wildman–Crippen LogP) is 0.508. The molecule has 1 atom stereocenters. The van der Waals surface area contributed by atoms with Crippen LogP contribution in [0.15, 0.2) is 18.2 Å². The van der Waals surface area contributed by atoms with E-state index >= 15 is 0 Å². The molecule has 0 aromatic heterocycles. The topological polar surface area (TPSA) is 78.9 Å². The van der Waals surface area contributed by atoms with Crippen molar-refractivity contribution in [3.05, 3.63) is 29.6 Å². The van der Waals surface area contributed by atoms with Gasteiger partial charge in [0.25, 0.3) is 5.91 Å². The summed E-state index contributed by atoms with van der Waals surface area (Å²) < 4.78 is 19.0. The summed E-state index contributed by atoms with van der Waals surface area (Å²) in [4.78, 5) is 25.7. The number of hydrogen-bond acceptors (Lipinski definition) is 4. The number of carbonyl (C=O) groups is 2. The van der Waals surface area contributed by atoms with E-state index in [1.165, 1.54) is 17.0 Å². The van der Waals surface area contributed by atoms with E-state index in [1.807, 2.05) is 0 Å². The normalized spacial score (nSPS) is 18.4. The summed E-state index contributed by atoms with van der Waals surface area (Å²) in [6.45, 7) is 2.79. The molecule has 6 nitrogen and oxygen atoms in total. The van der Waals surface area contributed by atoms with Gasteiger partial charge in [0.2, 0.25) is 5.91 Å². The lowest BCUT2D eigenvalue weighted by Gasteiger charge is -2.34. The maximum Gasteiger partial charge on any atom is 0.257 e. The average molecular weight is 296 g/mol. The van der Waals surface area contributed by atoms with E-state index in [-0.39, 0.29) is 30.4 Å². The first-order valence-electron chi connectivity index (χ1n) is 6.69. The van der Waals surface area contributed by atoms with Crippen LogP contribution in [0, 0.1) is 5.82 Å². The summed E-state index contributed by atoms with van der Waals surface area (Å²) in [5.74, 6) is -2.00. The number of hydrogen-bond donors (Lipinski definition) is 2. The van der Waals surface area contributed by atoms with Gasteiger partial charge in [-0.15, -0.1) is 0 Å². The zero-order valence-electron chi connectivity index (χ0n) is 11.6. The first kappa shape index (κ1) is 15.2. The van der Waals surface area contributed by atoms with Crippen molar-refractivity contribution in [2.75, 3.05) is 26.3 Å². The maximum absolute atomic E-state index is 13.8. The molecule has 1 unspecified atom stereocenters. The zero-order valence-corrected chi connectivity index (χ0v) is 11.6. The fourth-order valence-corrected chi connectivity index (χ4v) is 2.19. The number of ether oxygens (including phenoxy) is 1. The van der Waals surface area contributed by atoms with Gasteiger partial charge in [-0.2, -0.15) is 0 Å². The van der Waals surface area contributed by atoms with E-state index < -0.39 is 17.8 Å². The third-order valence-electron chi connectivity index (χ3n) is 3.23. The largest absolute Gasteiger partial charge is 0.508 e. The van der Waals surface area contributed by atoms with Gasteiger partial charge in [0.05, 0.1) is 18.8 Å². The molecular weight excluding hydrogens is 279 g/mol. The van der Waals surface area contributed by atoms with Gasteiger partial charge >= 0.3 is 0 Å². The molecule has 21 heavy (non-hydrogen) atoms.